The van der Waals surface area contributed by atoms with Crippen LogP contribution in [0.25, 0.3) is 0 Å². The fraction of sp³-hybridized carbons (Fsp3) is 0.792. The molecule has 168 valence electrons. The first-order valence-corrected chi connectivity index (χ1v) is 11.2. The number of hydrogen-bond donors (Lipinski definition) is 0. The van der Waals surface area contributed by atoms with Crippen molar-refractivity contribution in [2.75, 3.05) is 0 Å². The van der Waals surface area contributed by atoms with E-state index < -0.39 is 5.60 Å². The van der Waals surface area contributed by atoms with Crippen LogP contribution < -0.4 is 0 Å². The van der Waals surface area contributed by atoms with Crippen molar-refractivity contribution in [1.29, 1.82) is 0 Å². The normalized spacial score (nSPS) is 41.5. The van der Waals surface area contributed by atoms with Crippen molar-refractivity contribution in [2.24, 2.45) is 29.6 Å². The van der Waals surface area contributed by atoms with Crippen molar-refractivity contribution in [1.82, 2.24) is 0 Å². The average Bonchev–Trinajstić information content (AvgIpc) is 3.01. The second kappa shape index (κ2) is 8.45. The third-order valence-corrected chi connectivity index (χ3v) is 7.46. The van der Waals surface area contributed by atoms with E-state index in [4.69, 9.17) is 14.2 Å². The summed E-state index contributed by atoms with van der Waals surface area (Å²) in [7, 11) is 0. The second-order valence-electron chi connectivity index (χ2n) is 10.0. The maximum atomic E-state index is 12.7. The molecule has 1 saturated carbocycles. The van der Waals surface area contributed by atoms with Gasteiger partial charge in [0.2, 0.25) is 0 Å². The van der Waals surface area contributed by atoms with Gasteiger partial charge in [0.25, 0.3) is 0 Å². The fourth-order valence-corrected chi connectivity index (χ4v) is 6.02. The molecule has 0 spiro atoms. The van der Waals surface area contributed by atoms with Gasteiger partial charge >= 0.3 is 11.9 Å². The Labute approximate surface area is 179 Å². The minimum atomic E-state index is -0.884. The highest BCUT2D eigenvalue weighted by Crippen LogP contribution is 2.56. The molecule has 0 amide bonds. The summed E-state index contributed by atoms with van der Waals surface area (Å²) in [6.45, 7) is 15.4. The van der Waals surface area contributed by atoms with Crippen molar-refractivity contribution >= 4 is 17.7 Å². The number of carbonyl (C=O) groups excluding carboxylic acids is 3. The number of ether oxygens (including phenoxy) is 3. The molecule has 0 aromatic heterocycles. The monoisotopic (exact) mass is 420 g/mol. The molecule has 0 aromatic rings. The molecule has 2 aliphatic heterocycles. The number of carbonyl (C=O) groups is 3. The van der Waals surface area contributed by atoms with Crippen LogP contribution in [0.1, 0.15) is 67.2 Å². The average molecular weight is 421 g/mol. The van der Waals surface area contributed by atoms with E-state index >= 15 is 0 Å². The van der Waals surface area contributed by atoms with Gasteiger partial charge in [-0.15, -0.1) is 0 Å². The van der Waals surface area contributed by atoms with Crippen molar-refractivity contribution < 1.29 is 28.6 Å². The quantitative estimate of drug-likeness (QED) is 0.510. The van der Waals surface area contributed by atoms with Crippen LogP contribution in [0, 0.1) is 29.6 Å². The molecule has 30 heavy (non-hydrogen) atoms. The zero-order valence-electron chi connectivity index (χ0n) is 19.1. The van der Waals surface area contributed by atoms with E-state index in [1.165, 1.54) is 13.8 Å². The second-order valence-corrected chi connectivity index (χ2v) is 10.0. The van der Waals surface area contributed by atoms with Gasteiger partial charge in [0.1, 0.15) is 23.6 Å². The summed E-state index contributed by atoms with van der Waals surface area (Å²) in [4.78, 5) is 36.4. The number of Topliss-reactive ketones (excluding diaryl/α,β-unsaturated/α-hetero) is 1. The number of hydrogen-bond acceptors (Lipinski definition) is 6. The van der Waals surface area contributed by atoms with Gasteiger partial charge in [0.15, 0.2) is 0 Å². The Morgan fingerprint density at radius 2 is 1.87 bits per heavy atom. The van der Waals surface area contributed by atoms with Gasteiger partial charge in [0.05, 0.1) is 6.10 Å². The SMILES string of the molecule is C=C1[C@H]2[C@@H]([C@@H](C(C)C)C[C@@H]1OC(C)=O)[C@H]1O[C@@H]2C[C@@H](C)C(=O)CC[C@@]1(C)OC(C)=O. The van der Waals surface area contributed by atoms with Crippen LogP contribution in [0.4, 0.5) is 0 Å². The lowest BCUT2D eigenvalue weighted by Crippen LogP contribution is -2.52. The van der Waals surface area contributed by atoms with Gasteiger partial charge in [-0.2, -0.15) is 0 Å². The summed E-state index contributed by atoms with van der Waals surface area (Å²) in [6.07, 6.45) is 1.22. The molecule has 2 heterocycles. The highest BCUT2D eigenvalue weighted by atomic mass is 16.6. The molecule has 2 saturated heterocycles. The fourth-order valence-electron chi connectivity index (χ4n) is 6.02. The Hall–Kier alpha value is -1.69. The summed E-state index contributed by atoms with van der Waals surface area (Å²) >= 11 is 0. The van der Waals surface area contributed by atoms with E-state index in [0.29, 0.717) is 31.6 Å². The highest BCUT2D eigenvalue weighted by Gasteiger charge is 2.60. The number of fused-ring (bicyclic) bond motifs is 5. The smallest absolute Gasteiger partial charge is 0.303 e. The molecule has 6 nitrogen and oxygen atoms in total. The largest absolute Gasteiger partial charge is 0.458 e. The van der Waals surface area contributed by atoms with E-state index in [1.807, 2.05) is 13.8 Å². The molecule has 0 unspecified atom stereocenters. The van der Waals surface area contributed by atoms with Crippen LogP contribution in [-0.4, -0.2) is 41.6 Å². The summed E-state index contributed by atoms with van der Waals surface area (Å²) in [6, 6.07) is 0. The van der Waals surface area contributed by atoms with E-state index in [2.05, 4.69) is 20.4 Å². The summed E-state index contributed by atoms with van der Waals surface area (Å²) in [5.41, 5.74) is -0.0183. The van der Waals surface area contributed by atoms with E-state index in [-0.39, 0.29) is 59.7 Å². The molecule has 3 rings (SSSR count). The van der Waals surface area contributed by atoms with Crippen molar-refractivity contribution in [3.05, 3.63) is 12.2 Å². The molecule has 3 aliphatic rings. The first-order valence-electron chi connectivity index (χ1n) is 11.2. The van der Waals surface area contributed by atoms with E-state index in [0.717, 1.165) is 5.57 Å². The molecule has 1 aliphatic carbocycles. The van der Waals surface area contributed by atoms with Crippen molar-refractivity contribution in [3.8, 4) is 0 Å². The molecule has 0 N–H and O–H groups in total. The molecule has 0 aromatic carbocycles. The van der Waals surface area contributed by atoms with Gasteiger partial charge in [-0.05, 0) is 43.6 Å². The third kappa shape index (κ3) is 4.20. The van der Waals surface area contributed by atoms with E-state index in [9.17, 15) is 14.4 Å². The summed E-state index contributed by atoms with van der Waals surface area (Å²) in [5, 5.41) is 0. The van der Waals surface area contributed by atoms with Gasteiger partial charge in [0, 0.05) is 38.0 Å². The molecule has 6 heteroatoms. The Bertz CT molecular complexity index is 727. The first-order chi connectivity index (χ1) is 13.9. The van der Waals surface area contributed by atoms with Crippen LogP contribution in [0.5, 0.6) is 0 Å². The Kier molecular flexibility index (Phi) is 6.47. The summed E-state index contributed by atoms with van der Waals surface area (Å²) in [5.74, 6) is -0.0501. The minimum absolute atomic E-state index is 0.0382. The standard InChI is InChI=1S/C24H36O6/c1-12(2)17-11-19(28-15(5)25)14(4)21-20-10-13(3)18(27)8-9-24(7,30-16(6)26)23(29-20)22(17)21/h12-13,17,19-23H,4,8-11H2,1-3,5-7H3/t13-,17-,19+,20-,21-,22-,23-,24-/m1/s1. The van der Waals surface area contributed by atoms with Crippen molar-refractivity contribution in [2.45, 2.75) is 91.1 Å². The predicted molar refractivity (Wildman–Crippen MR) is 111 cm³/mol. The van der Waals surface area contributed by atoms with Crippen LogP contribution in [0.3, 0.4) is 0 Å². The van der Waals surface area contributed by atoms with Gasteiger partial charge in [-0.3, -0.25) is 14.4 Å². The van der Waals surface area contributed by atoms with Crippen molar-refractivity contribution in [3.63, 3.8) is 0 Å². The minimum Gasteiger partial charge on any atom is -0.458 e. The molecular weight excluding hydrogens is 384 g/mol. The molecule has 3 fully saturated rings. The van der Waals surface area contributed by atoms with Gasteiger partial charge in [-0.1, -0.05) is 27.4 Å². The predicted octanol–water partition coefficient (Wildman–Crippen LogP) is 3.86. The molecule has 2 bridgehead atoms. The van der Waals surface area contributed by atoms with Crippen LogP contribution in [-0.2, 0) is 28.6 Å². The zero-order chi connectivity index (χ0) is 22.4. The summed E-state index contributed by atoms with van der Waals surface area (Å²) < 4.78 is 18.1. The van der Waals surface area contributed by atoms with Crippen LogP contribution in [0.15, 0.2) is 12.2 Å². The Morgan fingerprint density at radius 3 is 2.43 bits per heavy atom. The molecular formula is C24H36O6. The maximum Gasteiger partial charge on any atom is 0.303 e. The first kappa shape index (κ1) is 23.0. The van der Waals surface area contributed by atoms with Gasteiger partial charge < -0.3 is 14.2 Å². The lowest BCUT2D eigenvalue weighted by molar-refractivity contribution is -0.180. The van der Waals surface area contributed by atoms with Gasteiger partial charge in [-0.25, -0.2) is 0 Å². The Balaban J connectivity index is 2.07. The lowest BCUT2D eigenvalue weighted by Gasteiger charge is -2.46. The number of ketones is 1. The van der Waals surface area contributed by atoms with E-state index in [1.54, 1.807) is 0 Å². The maximum absolute atomic E-state index is 12.7. The topological polar surface area (TPSA) is 78.9 Å². The molecule has 0 radical (unpaired) electrons. The zero-order valence-corrected chi connectivity index (χ0v) is 19.1. The highest BCUT2D eigenvalue weighted by molar-refractivity contribution is 5.81. The Morgan fingerprint density at radius 1 is 1.20 bits per heavy atom. The van der Waals surface area contributed by atoms with Crippen LogP contribution in [0.2, 0.25) is 0 Å². The number of esters is 2. The van der Waals surface area contributed by atoms with Crippen LogP contribution >= 0.6 is 0 Å². The molecule has 8 atom stereocenters. The third-order valence-electron chi connectivity index (χ3n) is 7.46. The lowest BCUT2D eigenvalue weighted by atomic mass is 9.60. The number of rotatable bonds is 3.